The normalized spacial score (nSPS) is 11.1. The molecule has 0 aliphatic carbocycles. The molecule has 1 rings (SSSR count). The predicted octanol–water partition coefficient (Wildman–Crippen LogP) is 2.23. The quantitative estimate of drug-likeness (QED) is 0.744. The summed E-state index contributed by atoms with van der Waals surface area (Å²) in [5.74, 6) is -0.265. The fourth-order valence-electron chi connectivity index (χ4n) is 1.45. The van der Waals surface area contributed by atoms with Gasteiger partial charge in [-0.3, -0.25) is 0 Å². The Morgan fingerprint density at radius 2 is 2.00 bits per heavy atom. The van der Waals surface area contributed by atoms with Gasteiger partial charge in [-0.1, -0.05) is 6.07 Å². The molecule has 0 heterocycles. The van der Waals surface area contributed by atoms with Crippen molar-refractivity contribution >= 4 is 0 Å². The molecule has 3 nitrogen and oxygen atoms in total. The molecule has 0 aliphatic heterocycles. The van der Waals surface area contributed by atoms with Gasteiger partial charge in [0, 0.05) is 6.54 Å². The molecule has 0 saturated heterocycles. The lowest BCUT2D eigenvalue weighted by atomic mass is 10.1. The van der Waals surface area contributed by atoms with Crippen molar-refractivity contribution in [2.45, 2.75) is 33.1 Å². The second kappa shape index (κ2) is 7.37. The van der Waals surface area contributed by atoms with Crippen LogP contribution in [-0.2, 0) is 22.6 Å². The van der Waals surface area contributed by atoms with Crippen molar-refractivity contribution in [1.29, 1.82) is 0 Å². The molecule has 0 aliphatic rings. The molecule has 0 fully saturated rings. The summed E-state index contributed by atoms with van der Waals surface area (Å²) in [5.41, 5.74) is 7.28. The van der Waals surface area contributed by atoms with E-state index >= 15 is 0 Å². The van der Waals surface area contributed by atoms with Gasteiger partial charge in [-0.05, 0) is 37.1 Å². The lowest BCUT2D eigenvalue weighted by Crippen LogP contribution is -2.10. The monoisotopic (exact) mass is 241 g/mol. The molecule has 0 bridgehead atoms. The van der Waals surface area contributed by atoms with Crippen LogP contribution in [0.4, 0.5) is 4.39 Å². The Morgan fingerprint density at radius 1 is 1.24 bits per heavy atom. The number of ether oxygens (including phenoxy) is 2. The van der Waals surface area contributed by atoms with Gasteiger partial charge in [-0.25, -0.2) is 4.39 Å². The van der Waals surface area contributed by atoms with Gasteiger partial charge in [0.15, 0.2) is 0 Å². The highest BCUT2D eigenvalue weighted by molar-refractivity contribution is 5.27. The molecule has 0 unspecified atom stereocenters. The summed E-state index contributed by atoms with van der Waals surface area (Å²) in [5, 5.41) is 0. The lowest BCUT2D eigenvalue weighted by Gasteiger charge is -2.10. The molecule has 96 valence electrons. The van der Waals surface area contributed by atoms with Crippen LogP contribution in [0.3, 0.4) is 0 Å². The van der Waals surface area contributed by atoms with E-state index < -0.39 is 0 Å². The van der Waals surface area contributed by atoms with E-state index in [2.05, 4.69) is 0 Å². The first-order valence-electron chi connectivity index (χ1n) is 5.80. The van der Waals surface area contributed by atoms with Gasteiger partial charge in [0.1, 0.15) is 5.82 Å². The minimum atomic E-state index is -0.265. The summed E-state index contributed by atoms with van der Waals surface area (Å²) in [6.45, 7) is 5.75. The lowest BCUT2D eigenvalue weighted by molar-refractivity contribution is 0.0141. The van der Waals surface area contributed by atoms with Crippen LogP contribution in [0.15, 0.2) is 18.2 Å². The van der Waals surface area contributed by atoms with Crippen LogP contribution < -0.4 is 5.73 Å². The minimum Gasteiger partial charge on any atom is -0.376 e. The average Bonchev–Trinajstić information content (AvgIpc) is 2.28. The van der Waals surface area contributed by atoms with E-state index in [4.69, 9.17) is 15.2 Å². The van der Waals surface area contributed by atoms with Gasteiger partial charge in [-0.15, -0.1) is 0 Å². The van der Waals surface area contributed by atoms with Crippen LogP contribution >= 0.6 is 0 Å². The molecule has 1 aromatic carbocycles. The maximum atomic E-state index is 13.0. The maximum absolute atomic E-state index is 13.0. The summed E-state index contributed by atoms with van der Waals surface area (Å²) in [7, 11) is 0. The van der Waals surface area contributed by atoms with E-state index in [1.165, 1.54) is 12.1 Å². The van der Waals surface area contributed by atoms with Crippen LogP contribution in [0.25, 0.3) is 0 Å². The topological polar surface area (TPSA) is 44.5 Å². The van der Waals surface area contributed by atoms with E-state index in [0.29, 0.717) is 26.4 Å². The van der Waals surface area contributed by atoms with E-state index in [9.17, 15) is 4.39 Å². The Hall–Kier alpha value is -0.970. The molecule has 1 aromatic rings. The van der Waals surface area contributed by atoms with Gasteiger partial charge in [0.05, 0.1) is 25.9 Å². The fraction of sp³-hybridized carbons (Fsp3) is 0.538. The Kier molecular flexibility index (Phi) is 6.11. The van der Waals surface area contributed by atoms with Crippen molar-refractivity contribution < 1.29 is 13.9 Å². The Morgan fingerprint density at radius 3 is 2.65 bits per heavy atom. The van der Waals surface area contributed by atoms with Gasteiger partial charge < -0.3 is 15.2 Å². The molecule has 0 saturated carbocycles. The summed E-state index contributed by atoms with van der Waals surface area (Å²) < 4.78 is 23.8. The van der Waals surface area contributed by atoms with Crippen LogP contribution in [-0.4, -0.2) is 19.3 Å². The molecule has 17 heavy (non-hydrogen) atoms. The zero-order chi connectivity index (χ0) is 12.7. The van der Waals surface area contributed by atoms with E-state index in [0.717, 1.165) is 11.1 Å². The molecule has 0 spiro atoms. The Labute approximate surface area is 102 Å². The number of nitrogens with two attached hydrogens (primary N) is 1. The summed E-state index contributed by atoms with van der Waals surface area (Å²) in [6.07, 6.45) is 0.201. The number of benzene rings is 1. The highest BCUT2D eigenvalue weighted by Crippen LogP contribution is 2.12. The predicted molar refractivity (Wildman–Crippen MR) is 65.0 cm³/mol. The Bertz CT molecular complexity index is 342. The van der Waals surface area contributed by atoms with Crippen molar-refractivity contribution in [3.63, 3.8) is 0 Å². The number of hydrogen-bond donors (Lipinski definition) is 1. The van der Waals surface area contributed by atoms with Crippen LogP contribution in [0, 0.1) is 5.82 Å². The average molecular weight is 241 g/mol. The smallest absolute Gasteiger partial charge is 0.123 e. The van der Waals surface area contributed by atoms with Crippen molar-refractivity contribution in [1.82, 2.24) is 0 Å². The van der Waals surface area contributed by atoms with Crippen molar-refractivity contribution in [3.8, 4) is 0 Å². The van der Waals surface area contributed by atoms with E-state index in [1.807, 2.05) is 13.8 Å². The highest BCUT2D eigenvalue weighted by atomic mass is 19.1. The van der Waals surface area contributed by atoms with Gasteiger partial charge in [0.2, 0.25) is 0 Å². The zero-order valence-electron chi connectivity index (χ0n) is 10.4. The maximum Gasteiger partial charge on any atom is 0.123 e. The van der Waals surface area contributed by atoms with Crippen LogP contribution in [0.2, 0.25) is 0 Å². The standard InChI is InChI=1S/C13H20FNO2/c1-10(2)17-6-5-16-9-12-7-13(14)4-3-11(12)8-15/h3-4,7,10H,5-6,8-9,15H2,1-2H3. The van der Waals surface area contributed by atoms with Crippen LogP contribution in [0.5, 0.6) is 0 Å². The Balaban J connectivity index is 2.37. The van der Waals surface area contributed by atoms with E-state index in [1.54, 1.807) is 6.07 Å². The SMILES string of the molecule is CC(C)OCCOCc1cc(F)ccc1CN. The second-order valence-corrected chi connectivity index (χ2v) is 4.09. The van der Waals surface area contributed by atoms with Gasteiger partial charge in [-0.2, -0.15) is 0 Å². The third-order valence-electron chi connectivity index (χ3n) is 2.32. The fourth-order valence-corrected chi connectivity index (χ4v) is 1.45. The minimum absolute atomic E-state index is 0.201. The first-order valence-corrected chi connectivity index (χ1v) is 5.80. The highest BCUT2D eigenvalue weighted by Gasteiger charge is 2.03. The van der Waals surface area contributed by atoms with Crippen LogP contribution in [0.1, 0.15) is 25.0 Å². The summed E-state index contributed by atoms with van der Waals surface area (Å²) in [6, 6.07) is 4.57. The van der Waals surface area contributed by atoms with Gasteiger partial charge in [0.25, 0.3) is 0 Å². The number of rotatable bonds is 7. The summed E-state index contributed by atoms with van der Waals surface area (Å²) >= 11 is 0. The molecule has 4 heteroatoms. The third-order valence-corrected chi connectivity index (χ3v) is 2.32. The molecule has 0 radical (unpaired) electrons. The molecular formula is C13H20FNO2. The van der Waals surface area contributed by atoms with Crippen molar-refractivity contribution in [2.75, 3.05) is 13.2 Å². The molecule has 0 aromatic heterocycles. The van der Waals surface area contributed by atoms with Gasteiger partial charge >= 0.3 is 0 Å². The third kappa shape index (κ3) is 5.26. The summed E-state index contributed by atoms with van der Waals surface area (Å²) in [4.78, 5) is 0. The first-order chi connectivity index (χ1) is 8.13. The molecule has 0 atom stereocenters. The van der Waals surface area contributed by atoms with Crippen molar-refractivity contribution in [3.05, 3.63) is 35.1 Å². The second-order valence-electron chi connectivity index (χ2n) is 4.09. The van der Waals surface area contributed by atoms with Crippen molar-refractivity contribution in [2.24, 2.45) is 5.73 Å². The first kappa shape index (κ1) is 14.1. The number of halogens is 1. The molecule has 0 amide bonds. The molecule has 2 N–H and O–H groups in total. The van der Waals surface area contributed by atoms with E-state index in [-0.39, 0.29) is 11.9 Å². The number of hydrogen-bond acceptors (Lipinski definition) is 3. The molecular weight excluding hydrogens is 221 g/mol. The zero-order valence-corrected chi connectivity index (χ0v) is 10.4. The largest absolute Gasteiger partial charge is 0.376 e.